The predicted octanol–water partition coefficient (Wildman–Crippen LogP) is 2.28. The van der Waals surface area contributed by atoms with Gasteiger partial charge in [0.05, 0.1) is 12.1 Å². The highest BCUT2D eigenvalue weighted by atomic mass is 35.5. The molecule has 0 radical (unpaired) electrons. The molecular weight excluding hydrogens is 176 g/mol. The fourth-order valence-corrected chi connectivity index (χ4v) is 1.24. The first-order valence-electron chi connectivity index (χ1n) is 3.66. The molecule has 0 aromatic carbocycles. The van der Waals surface area contributed by atoms with Crippen LogP contribution in [0.4, 0.5) is 0 Å². The number of alkyl halides is 1. The maximum atomic E-state index is 9.88. The summed E-state index contributed by atoms with van der Waals surface area (Å²) in [6.45, 7) is 3.54. The van der Waals surface area contributed by atoms with Crippen LogP contribution in [-0.2, 0) is 5.60 Å². The molecule has 0 saturated heterocycles. The first-order chi connectivity index (χ1) is 5.73. The fraction of sp³-hybridized carbons (Fsp3) is 0.333. The normalized spacial score (nSPS) is 15.5. The fourth-order valence-electron chi connectivity index (χ4n) is 1.00. The molecular formula is C9H11ClO2. The molecule has 0 bridgehead atoms. The molecule has 1 rings (SSSR count). The first kappa shape index (κ1) is 9.36. The van der Waals surface area contributed by atoms with Gasteiger partial charge in [-0.1, -0.05) is 6.08 Å². The maximum absolute atomic E-state index is 9.88. The predicted molar refractivity (Wildman–Crippen MR) is 48.1 cm³/mol. The molecule has 1 N–H and O–H groups in total. The lowest BCUT2D eigenvalue weighted by Gasteiger charge is -2.20. The van der Waals surface area contributed by atoms with E-state index in [0.717, 1.165) is 0 Å². The Bertz CT molecular complexity index is 243. The van der Waals surface area contributed by atoms with Crippen LogP contribution in [-0.4, -0.2) is 11.0 Å². The van der Waals surface area contributed by atoms with Gasteiger partial charge in [0.15, 0.2) is 0 Å². The second-order valence-electron chi connectivity index (χ2n) is 2.64. The van der Waals surface area contributed by atoms with E-state index < -0.39 is 5.60 Å². The van der Waals surface area contributed by atoms with E-state index in [9.17, 15) is 5.11 Å². The van der Waals surface area contributed by atoms with E-state index in [1.807, 2.05) is 0 Å². The van der Waals surface area contributed by atoms with Crippen molar-refractivity contribution in [1.82, 2.24) is 0 Å². The SMILES string of the molecule is C=CCC(O)(CCl)c1ccco1. The van der Waals surface area contributed by atoms with Gasteiger partial charge in [-0.15, -0.1) is 18.2 Å². The quantitative estimate of drug-likeness (QED) is 0.578. The molecule has 1 aromatic rings. The third kappa shape index (κ3) is 1.71. The number of hydrogen-bond acceptors (Lipinski definition) is 2. The molecule has 0 spiro atoms. The monoisotopic (exact) mass is 186 g/mol. The highest BCUT2D eigenvalue weighted by Gasteiger charge is 2.29. The zero-order chi connectivity index (χ0) is 9.03. The lowest BCUT2D eigenvalue weighted by molar-refractivity contribution is 0.0409. The molecule has 0 amide bonds. The molecule has 2 nitrogen and oxygen atoms in total. The molecule has 1 aromatic heterocycles. The Morgan fingerprint density at radius 3 is 2.92 bits per heavy atom. The van der Waals surface area contributed by atoms with Crippen LogP contribution in [0.15, 0.2) is 35.5 Å². The smallest absolute Gasteiger partial charge is 0.139 e. The van der Waals surface area contributed by atoms with Crippen molar-refractivity contribution in [1.29, 1.82) is 0 Å². The van der Waals surface area contributed by atoms with Crippen molar-refractivity contribution in [3.63, 3.8) is 0 Å². The molecule has 1 atom stereocenters. The standard InChI is InChI=1S/C9H11ClO2/c1-2-5-9(11,7-10)8-4-3-6-12-8/h2-4,6,11H,1,5,7H2. The number of furan rings is 1. The summed E-state index contributed by atoms with van der Waals surface area (Å²) in [7, 11) is 0. The van der Waals surface area contributed by atoms with Gasteiger partial charge in [-0.25, -0.2) is 0 Å². The summed E-state index contributed by atoms with van der Waals surface area (Å²) in [6.07, 6.45) is 3.52. The molecule has 1 heterocycles. The Morgan fingerprint density at radius 2 is 2.50 bits per heavy atom. The van der Waals surface area contributed by atoms with Gasteiger partial charge in [-0.05, 0) is 12.1 Å². The molecule has 0 aliphatic heterocycles. The zero-order valence-corrected chi connectivity index (χ0v) is 7.42. The molecule has 3 heteroatoms. The van der Waals surface area contributed by atoms with Crippen molar-refractivity contribution < 1.29 is 9.52 Å². The van der Waals surface area contributed by atoms with Gasteiger partial charge < -0.3 is 9.52 Å². The third-order valence-corrected chi connectivity index (χ3v) is 2.13. The molecule has 0 aliphatic carbocycles. The Labute approximate surface area is 76.5 Å². The van der Waals surface area contributed by atoms with E-state index >= 15 is 0 Å². The number of hydrogen-bond donors (Lipinski definition) is 1. The van der Waals surface area contributed by atoms with E-state index in [4.69, 9.17) is 16.0 Å². The van der Waals surface area contributed by atoms with Crippen LogP contribution < -0.4 is 0 Å². The summed E-state index contributed by atoms with van der Waals surface area (Å²) < 4.78 is 5.06. The van der Waals surface area contributed by atoms with Crippen molar-refractivity contribution in [3.05, 3.63) is 36.8 Å². The van der Waals surface area contributed by atoms with Crippen LogP contribution in [0.1, 0.15) is 12.2 Å². The van der Waals surface area contributed by atoms with E-state index in [-0.39, 0.29) is 5.88 Å². The summed E-state index contributed by atoms with van der Waals surface area (Å²) in [4.78, 5) is 0. The summed E-state index contributed by atoms with van der Waals surface area (Å²) in [5, 5.41) is 9.88. The molecule has 1 unspecified atom stereocenters. The highest BCUT2D eigenvalue weighted by Crippen LogP contribution is 2.26. The van der Waals surface area contributed by atoms with Gasteiger partial charge in [-0.3, -0.25) is 0 Å². The minimum absolute atomic E-state index is 0.104. The van der Waals surface area contributed by atoms with Crippen molar-refractivity contribution in [3.8, 4) is 0 Å². The third-order valence-electron chi connectivity index (χ3n) is 1.68. The van der Waals surface area contributed by atoms with E-state index in [1.54, 1.807) is 18.2 Å². The average molecular weight is 187 g/mol. The van der Waals surface area contributed by atoms with E-state index in [1.165, 1.54) is 6.26 Å². The number of rotatable bonds is 4. The minimum Gasteiger partial charge on any atom is -0.466 e. The van der Waals surface area contributed by atoms with Crippen molar-refractivity contribution in [2.45, 2.75) is 12.0 Å². The van der Waals surface area contributed by atoms with Crippen LogP contribution >= 0.6 is 11.6 Å². The van der Waals surface area contributed by atoms with Crippen LogP contribution in [0, 0.1) is 0 Å². The summed E-state index contributed by atoms with van der Waals surface area (Å²) in [5.74, 6) is 0.587. The molecule has 0 fully saturated rings. The summed E-state index contributed by atoms with van der Waals surface area (Å²) in [5.41, 5.74) is -1.10. The second-order valence-corrected chi connectivity index (χ2v) is 2.90. The Balaban J connectivity index is 2.87. The Morgan fingerprint density at radius 1 is 1.75 bits per heavy atom. The van der Waals surface area contributed by atoms with Crippen LogP contribution in [0.25, 0.3) is 0 Å². The van der Waals surface area contributed by atoms with E-state index in [0.29, 0.717) is 12.2 Å². The van der Waals surface area contributed by atoms with Gasteiger partial charge in [0, 0.05) is 6.42 Å². The maximum Gasteiger partial charge on any atom is 0.139 e. The van der Waals surface area contributed by atoms with Crippen LogP contribution in [0.2, 0.25) is 0 Å². The summed E-state index contributed by atoms with van der Waals surface area (Å²) >= 11 is 5.62. The van der Waals surface area contributed by atoms with Crippen LogP contribution in [0.5, 0.6) is 0 Å². The average Bonchev–Trinajstić information content (AvgIpc) is 2.57. The van der Waals surface area contributed by atoms with Crippen molar-refractivity contribution in [2.24, 2.45) is 0 Å². The second kappa shape index (κ2) is 3.78. The molecule has 12 heavy (non-hydrogen) atoms. The highest BCUT2D eigenvalue weighted by molar-refractivity contribution is 6.18. The Kier molecular flexibility index (Phi) is 2.95. The number of halogens is 1. The molecule has 0 aliphatic rings. The van der Waals surface area contributed by atoms with Gasteiger partial charge in [0.1, 0.15) is 11.4 Å². The lowest BCUT2D eigenvalue weighted by atomic mass is 9.99. The lowest BCUT2D eigenvalue weighted by Crippen LogP contribution is -2.26. The van der Waals surface area contributed by atoms with Gasteiger partial charge >= 0.3 is 0 Å². The Hall–Kier alpha value is -0.730. The zero-order valence-electron chi connectivity index (χ0n) is 6.66. The van der Waals surface area contributed by atoms with Crippen LogP contribution in [0.3, 0.4) is 0 Å². The summed E-state index contributed by atoms with van der Waals surface area (Å²) in [6, 6.07) is 3.42. The number of aliphatic hydroxyl groups is 1. The largest absolute Gasteiger partial charge is 0.466 e. The minimum atomic E-state index is -1.10. The molecule has 66 valence electrons. The van der Waals surface area contributed by atoms with E-state index in [2.05, 4.69) is 6.58 Å². The first-order valence-corrected chi connectivity index (χ1v) is 4.19. The topological polar surface area (TPSA) is 33.4 Å². The van der Waals surface area contributed by atoms with Gasteiger partial charge in [0.2, 0.25) is 0 Å². The molecule has 0 saturated carbocycles. The van der Waals surface area contributed by atoms with Crippen molar-refractivity contribution >= 4 is 11.6 Å². The van der Waals surface area contributed by atoms with Gasteiger partial charge in [-0.2, -0.15) is 0 Å². The van der Waals surface area contributed by atoms with Gasteiger partial charge in [0.25, 0.3) is 0 Å². The van der Waals surface area contributed by atoms with Crippen molar-refractivity contribution in [2.75, 3.05) is 5.88 Å².